The molecule has 3 heteroatoms. The van der Waals surface area contributed by atoms with Gasteiger partial charge in [-0.1, -0.05) is 31.2 Å². The van der Waals surface area contributed by atoms with E-state index in [4.69, 9.17) is 4.74 Å². The van der Waals surface area contributed by atoms with Gasteiger partial charge in [-0.3, -0.25) is 4.79 Å². The van der Waals surface area contributed by atoms with Gasteiger partial charge in [0, 0.05) is 11.8 Å². The third-order valence-corrected chi connectivity index (χ3v) is 3.43. The van der Waals surface area contributed by atoms with E-state index in [1.165, 1.54) is 0 Å². The third kappa shape index (κ3) is 5.29. The van der Waals surface area contributed by atoms with Crippen LogP contribution in [0.15, 0.2) is 48.5 Å². The van der Waals surface area contributed by atoms with E-state index < -0.39 is 0 Å². The van der Waals surface area contributed by atoms with Crippen molar-refractivity contribution in [1.82, 2.24) is 0 Å². The van der Waals surface area contributed by atoms with Gasteiger partial charge in [-0.15, -0.1) is 0 Å². The fourth-order valence-corrected chi connectivity index (χ4v) is 2.11. The van der Waals surface area contributed by atoms with Gasteiger partial charge in [-0.2, -0.15) is 0 Å². The molecular weight excluding hydrogens is 286 g/mol. The Morgan fingerprint density at radius 2 is 1.87 bits per heavy atom. The summed E-state index contributed by atoms with van der Waals surface area (Å²) in [5, 5.41) is 2.91. The largest absolute Gasteiger partial charge is 0.494 e. The lowest BCUT2D eigenvalue weighted by Crippen LogP contribution is -2.09. The molecular formula is C20H23NO2. The monoisotopic (exact) mass is 309 g/mol. The van der Waals surface area contributed by atoms with E-state index in [-0.39, 0.29) is 5.91 Å². The van der Waals surface area contributed by atoms with Crippen molar-refractivity contribution in [1.29, 1.82) is 0 Å². The summed E-state index contributed by atoms with van der Waals surface area (Å²) in [7, 11) is 0. The lowest BCUT2D eigenvalue weighted by Gasteiger charge is -2.07. The predicted molar refractivity (Wildman–Crippen MR) is 95.8 cm³/mol. The minimum absolute atomic E-state index is 0.134. The molecule has 120 valence electrons. The van der Waals surface area contributed by atoms with Gasteiger partial charge in [0.15, 0.2) is 0 Å². The average Bonchev–Trinajstić information content (AvgIpc) is 2.55. The summed E-state index contributed by atoms with van der Waals surface area (Å²) in [6.45, 7) is 6.78. The Labute approximate surface area is 138 Å². The molecule has 0 aliphatic carbocycles. The summed E-state index contributed by atoms with van der Waals surface area (Å²) in [5.41, 5.74) is 3.99. The number of carbonyl (C=O) groups is 1. The van der Waals surface area contributed by atoms with Crippen LogP contribution in [0.5, 0.6) is 5.75 Å². The maximum atomic E-state index is 12.0. The van der Waals surface area contributed by atoms with E-state index in [0.29, 0.717) is 6.61 Å². The number of anilines is 1. The summed E-state index contributed by atoms with van der Waals surface area (Å²) in [5.74, 6) is 0.717. The molecule has 0 bridgehead atoms. The van der Waals surface area contributed by atoms with Crippen LogP contribution in [-0.4, -0.2) is 12.5 Å². The van der Waals surface area contributed by atoms with Crippen LogP contribution in [0, 0.1) is 13.8 Å². The Morgan fingerprint density at radius 1 is 1.13 bits per heavy atom. The molecule has 1 N–H and O–H groups in total. The van der Waals surface area contributed by atoms with Crippen LogP contribution in [0.25, 0.3) is 6.08 Å². The molecule has 0 aromatic heterocycles. The topological polar surface area (TPSA) is 38.3 Å². The van der Waals surface area contributed by atoms with Crippen molar-refractivity contribution in [2.24, 2.45) is 0 Å². The van der Waals surface area contributed by atoms with Gasteiger partial charge in [-0.05, 0) is 61.2 Å². The van der Waals surface area contributed by atoms with Gasteiger partial charge in [0.25, 0.3) is 0 Å². The zero-order valence-corrected chi connectivity index (χ0v) is 13.9. The molecule has 0 fully saturated rings. The van der Waals surface area contributed by atoms with Crippen molar-refractivity contribution in [3.8, 4) is 5.75 Å². The molecule has 0 aliphatic rings. The Bertz CT molecular complexity index is 687. The van der Waals surface area contributed by atoms with E-state index in [9.17, 15) is 4.79 Å². The summed E-state index contributed by atoms with van der Waals surface area (Å²) < 4.78 is 5.54. The first-order valence-electron chi connectivity index (χ1n) is 7.87. The molecule has 2 rings (SSSR count). The quantitative estimate of drug-likeness (QED) is 0.782. The second-order valence-electron chi connectivity index (χ2n) is 5.56. The molecule has 0 heterocycles. The molecule has 3 nitrogen and oxygen atoms in total. The van der Waals surface area contributed by atoms with E-state index >= 15 is 0 Å². The van der Waals surface area contributed by atoms with Crippen LogP contribution >= 0.6 is 0 Å². The SMILES string of the molecule is CCCOc1ccc(/C=C/C(=O)Nc2cc(C)ccc2C)cc1. The van der Waals surface area contributed by atoms with Crippen molar-refractivity contribution in [3.63, 3.8) is 0 Å². The highest BCUT2D eigenvalue weighted by Gasteiger charge is 2.02. The van der Waals surface area contributed by atoms with Crippen molar-refractivity contribution in [2.75, 3.05) is 11.9 Å². The van der Waals surface area contributed by atoms with Gasteiger partial charge >= 0.3 is 0 Å². The van der Waals surface area contributed by atoms with Crippen LogP contribution in [0.4, 0.5) is 5.69 Å². The highest BCUT2D eigenvalue weighted by molar-refractivity contribution is 6.02. The highest BCUT2D eigenvalue weighted by atomic mass is 16.5. The zero-order valence-electron chi connectivity index (χ0n) is 13.9. The minimum Gasteiger partial charge on any atom is -0.494 e. The molecule has 0 atom stereocenters. The first-order chi connectivity index (χ1) is 11.1. The van der Waals surface area contributed by atoms with Crippen LogP contribution in [0.1, 0.15) is 30.0 Å². The number of hydrogen-bond donors (Lipinski definition) is 1. The van der Waals surface area contributed by atoms with E-state index in [1.54, 1.807) is 12.2 Å². The lowest BCUT2D eigenvalue weighted by atomic mass is 10.1. The van der Waals surface area contributed by atoms with Gasteiger partial charge in [0.05, 0.1) is 6.61 Å². The second-order valence-corrected chi connectivity index (χ2v) is 5.56. The first kappa shape index (κ1) is 16.8. The van der Waals surface area contributed by atoms with Crippen molar-refractivity contribution >= 4 is 17.7 Å². The summed E-state index contributed by atoms with van der Waals surface area (Å²) >= 11 is 0. The molecule has 0 radical (unpaired) electrons. The molecule has 23 heavy (non-hydrogen) atoms. The molecule has 2 aromatic carbocycles. The Hall–Kier alpha value is -2.55. The van der Waals surface area contributed by atoms with Gasteiger partial charge in [-0.25, -0.2) is 0 Å². The van der Waals surface area contributed by atoms with E-state index in [2.05, 4.69) is 12.2 Å². The van der Waals surface area contributed by atoms with Crippen LogP contribution in [0.2, 0.25) is 0 Å². The number of aryl methyl sites for hydroxylation is 2. The van der Waals surface area contributed by atoms with E-state index in [0.717, 1.165) is 34.5 Å². The maximum Gasteiger partial charge on any atom is 0.248 e. The van der Waals surface area contributed by atoms with Crippen LogP contribution in [0.3, 0.4) is 0 Å². The molecule has 0 spiro atoms. The number of ether oxygens (including phenoxy) is 1. The molecule has 1 amide bonds. The molecule has 2 aromatic rings. The summed E-state index contributed by atoms with van der Waals surface area (Å²) in [4.78, 5) is 12.0. The number of nitrogens with one attached hydrogen (secondary N) is 1. The molecule has 0 saturated carbocycles. The maximum absolute atomic E-state index is 12.0. The average molecular weight is 309 g/mol. The number of benzene rings is 2. The lowest BCUT2D eigenvalue weighted by molar-refractivity contribution is -0.111. The number of rotatable bonds is 6. The summed E-state index contributed by atoms with van der Waals surface area (Å²) in [6.07, 6.45) is 4.33. The fourth-order valence-electron chi connectivity index (χ4n) is 2.11. The van der Waals surface area contributed by atoms with Crippen molar-refractivity contribution < 1.29 is 9.53 Å². The zero-order chi connectivity index (χ0) is 16.7. The highest BCUT2D eigenvalue weighted by Crippen LogP contribution is 2.17. The third-order valence-electron chi connectivity index (χ3n) is 3.43. The number of amides is 1. The Balaban J connectivity index is 1.96. The number of carbonyl (C=O) groups excluding carboxylic acids is 1. The van der Waals surface area contributed by atoms with E-state index in [1.807, 2.05) is 56.3 Å². The predicted octanol–water partition coefficient (Wildman–Crippen LogP) is 4.74. The van der Waals surface area contributed by atoms with Crippen molar-refractivity contribution in [3.05, 3.63) is 65.2 Å². The fraction of sp³-hybridized carbons (Fsp3) is 0.250. The van der Waals surface area contributed by atoms with Crippen molar-refractivity contribution in [2.45, 2.75) is 27.2 Å². The van der Waals surface area contributed by atoms with Gasteiger partial charge in [0.2, 0.25) is 5.91 Å². The molecule has 0 unspecified atom stereocenters. The minimum atomic E-state index is -0.134. The summed E-state index contributed by atoms with van der Waals surface area (Å²) in [6, 6.07) is 13.7. The second kappa shape index (κ2) is 8.18. The van der Waals surface area contributed by atoms with Crippen LogP contribution < -0.4 is 10.1 Å². The van der Waals surface area contributed by atoms with Crippen LogP contribution in [-0.2, 0) is 4.79 Å². The molecule has 0 aliphatic heterocycles. The van der Waals surface area contributed by atoms with Gasteiger partial charge < -0.3 is 10.1 Å². The number of hydrogen-bond acceptors (Lipinski definition) is 2. The Kier molecular flexibility index (Phi) is 5.98. The normalized spacial score (nSPS) is 10.7. The Morgan fingerprint density at radius 3 is 2.57 bits per heavy atom. The van der Waals surface area contributed by atoms with Gasteiger partial charge in [0.1, 0.15) is 5.75 Å². The molecule has 0 saturated heterocycles. The smallest absolute Gasteiger partial charge is 0.248 e. The first-order valence-corrected chi connectivity index (χ1v) is 7.87. The standard InChI is InChI=1S/C20H23NO2/c1-4-13-23-18-10-7-17(8-11-18)9-12-20(22)21-19-14-15(2)5-6-16(19)3/h5-12,14H,4,13H2,1-3H3,(H,21,22)/b12-9+.